The van der Waals surface area contributed by atoms with Gasteiger partial charge in [0, 0.05) is 22.5 Å². The molecule has 3 heteroatoms. The molecule has 0 amide bonds. The Kier molecular flexibility index (Phi) is 4.32. The molecule has 1 aromatic carbocycles. The van der Waals surface area contributed by atoms with Gasteiger partial charge in [-0.25, -0.2) is 0 Å². The van der Waals surface area contributed by atoms with Crippen LogP contribution in [0.2, 0.25) is 0 Å². The van der Waals surface area contributed by atoms with Crippen molar-refractivity contribution in [2.45, 2.75) is 26.3 Å². The van der Waals surface area contributed by atoms with E-state index in [0.29, 0.717) is 6.04 Å². The molecule has 0 saturated carbocycles. The fourth-order valence-corrected chi connectivity index (χ4v) is 3.67. The van der Waals surface area contributed by atoms with Crippen LogP contribution in [0.5, 0.6) is 0 Å². The molecule has 108 valence electrons. The third-order valence-electron chi connectivity index (χ3n) is 3.86. The molecule has 21 heavy (non-hydrogen) atoms. The van der Waals surface area contributed by atoms with Crippen LogP contribution in [0.4, 0.5) is 0 Å². The standard InChI is InChI=1S/C18H20N2S/c1-13-9-12-21-18(13)14(2)19-11-8-16-6-3-5-15-7-4-10-20-17(15)16/h3-7,9-10,12,14,19H,8,11H2,1-2H3. The lowest BCUT2D eigenvalue weighted by Gasteiger charge is -2.14. The maximum Gasteiger partial charge on any atom is 0.0734 e. The molecule has 0 radical (unpaired) electrons. The predicted octanol–water partition coefficient (Wildman–Crippen LogP) is 4.50. The molecule has 1 atom stereocenters. The van der Waals surface area contributed by atoms with E-state index in [4.69, 9.17) is 0 Å². The molecule has 0 saturated heterocycles. The van der Waals surface area contributed by atoms with Crippen molar-refractivity contribution in [3.8, 4) is 0 Å². The van der Waals surface area contributed by atoms with Gasteiger partial charge in [0.15, 0.2) is 0 Å². The summed E-state index contributed by atoms with van der Waals surface area (Å²) >= 11 is 1.83. The molecule has 3 rings (SSSR count). The fraction of sp³-hybridized carbons (Fsp3) is 0.278. The van der Waals surface area contributed by atoms with Crippen molar-refractivity contribution in [2.24, 2.45) is 0 Å². The first-order valence-corrected chi connectivity index (χ1v) is 8.23. The van der Waals surface area contributed by atoms with Gasteiger partial charge in [0.1, 0.15) is 0 Å². The molecule has 0 aliphatic heterocycles. The highest BCUT2D eigenvalue weighted by molar-refractivity contribution is 7.10. The van der Waals surface area contributed by atoms with Gasteiger partial charge in [-0.1, -0.05) is 24.3 Å². The number of hydrogen-bond acceptors (Lipinski definition) is 3. The van der Waals surface area contributed by atoms with E-state index >= 15 is 0 Å². The maximum absolute atomic E-state index is 4.52. The molecule has 0 aliphatic rings. The Morgan fingerprint density at radius 1 is 1.19 bits per heavy atom. The number of hydrogen-bond donors (Lipinski definition) is 1. The van der Waals surface area contributed by atoms with Gasteiger partial charge in [0.25, 0.3) is 0 Å². The van der Waals surface area contributed by atoms with Gasteiger partial charge in [-0.2, -0.15) is 0 Å². The minimum absolute atomic E-state index is 0.410. The van der Waals surface area contributed by atoms with Crippen LogP contribution >= 0.6 is 11.3 Å². The summed E-state index contributed by atoms with van der Waals surface area (Å²) in [6, 6.07) is 13.1. The van der Waals surface area contributed by atoms with E-state index in [1.807, 2.05) is 23.6 Å². The second-order valence-corrected chi connectivity index (χ2v) is 6.33. The molecule has 1 N–H and O–H groups in total. The molecule has 2 nitrogen and oxygen atoms in total. The van der Waals surface area contributed by atoms with Crippen LogP contribution < -0.4 is 5.32 Å². The Balaban J connectivity index is 1.66. The van der Waals surface area contributed by atoms with Crippen molar-refractivity contribution in [3.63, 3.8) is 0 Å². The number of benzene rings is 1. The third kappa shape index (κ3) is 3.14. The summed E-state index contributed by atoms with van der Waals surface area (Å²) in [5, 5.41) is 7.01. The highest BCUT2D eigenvalue weighted by atomic mass is 32.1. The Morgan fingerprint density at radius 3 is 2.86 bits per heavy atom. The number of rotatable bonds is 5. The van der Waals surface area contributed by atoms with Gasteiger partial charge in [-0.3, -0.25) is 4.98 Å². The van der Waals surface area contributed by atoms with Gasteiger partial charge in [0.2, 0.25) is 0 Å². The summed E-state index contributed by atoms with van der Waals surface area (Å²) in [5.74, 6) is 0. The number of aromatic nitrogens is 1. The Labute approximate surface area is 129 Å². The van der Waals surface area contributed by atoms with E-state index in [1.54, 1.807) is 0 Å². The van der Waals surface area contributed by atoms with Crippen LogP contribution in [0.3, 0.4) is 0 Å². The van der Waals surface area contributed by atoms with Gasteiger partial charge in [0.05, 0.1) is 5.52 Å². The lowest BCUT2D eigenvalue weighted by Crippen LogP contribution is -2.21. The Bertz CT molecular complexity index is 727. The largest absolute Gasteiger partial charge is 0.309 e. The first kappa shape index (κ1) is 14.2. The van der Waals surface area contributed by atoms with Crippen LogP contribution in [0.25, 0.3) is 10.9 Å². The maximum atomic E-state index is 4.52. The molecule has 1 unspecified atom stereocenters. The quantitative estimate of drug-likeness (QED) is 0.750. The molecule has 2 heterocycles. The minimum atomic E-state index is 0.410. The summed E-state index contributed by atoms with van der Waals surface area (Å²) in [6.45, 7) is 5.38. The van der Waals surface area contributed by atoms with Crippen LogP contribution in [0.15, 0.2) is 48.0 Å². The number of nitrogens with zero attached hydrogens (tertiary/aromatic N) is 1. The molecular formula is C18H20N2S. The number of fused-ring (bicyclic) bond motifs is 1. The predicted molar refractivity (Wildman–Crippen MR) is 90.9 cm³/mol. The molecule has 0 spiro atoms. The third-order valence-corrected chi connectivity index (χ3v) is 5.06. The summed E-state index contributed by atoms with van der Waals surface area (Å²) in [7, 11) is 0. The van der Waals surface area contributed by atoms with E-state index < -0.39 is 0 Å². The lowest BCUT2D eigenvalue weighted by molar-refractivity contribution is 0.583. The zero-order valence-electron chi connectivity index (χ0n) is 12.5. The van der Waals surface area contributed by atoms with Gasteiger partial charge in [-0.15, -0.1) is 11.3 Å². The zero-order valence-corrected chi connectivity index (χ0v) is 13.3. The number of thiophene rings is 1. The minimum Gasteiger partial charge on any atom is -0.309 e. The second kappa shape index (κ2) is 6.37. The number of aryl methyl sites for hydroxylation is 1. The van der Waals surface area contributed by atoms with Crippen molar-refractivity contribution >= 4 is 22.2 Å². The first-order chi connectivity index (χ1) is 10.3. The topological polar surface area (TPSA) is 24.9 Å². The number of nitrogens with one attached hydrogen (secondary N) is 1. The van der Waals surface area contributed by atoms with E-state index in [9.17, 15) is 0 Å². The van der Waals surface area contributed by atoms with Crippen LogP contribution in [0.1, 0.15) is 29.0 Å². The number of pyridine rings is 1. The smallest absolute Gasteiger partial charge is 0.0734 e. The van der Waals surface area contributed by atoms with Crippen molar-refractivity contribution in [1.82, 2.24) is 10.3 Å². The van der Waals surface area contributed by atoms with E-state index in [-0.39, 0.29) is 0 Å². The summed E-state index contributed by atoms with van der Waals surface area (Å²) in [5.41, 5.74) is 3.82. The average Bonchev–Trinajstić information content (AvgIpc) is 2.93. The highest BCUT2D eigenvalue weighted by Gasteiger charge is 2.09. The number of para-hydroxylation sites is 1. The fourth-order valence-electron chi connectivity index (χ4n) is 2.71. The first-order valence-electron chi connectivity index (χ1n) is 7.35. The van der Waals surface area contributed by atoms with E-state index in [0.717, 1.165) is 18.5 Å². The lowest BCUT2D eigenvalue weighted by atomic mass is 10.1. The summed E-state index contributed by atoms with van der Waals surface area (Å²) in [6.07, 6.45) is 2.88. The average molecular weight is 296 g/mol. The van der Waals surface area contributed by atoms with Crippen molar-refractivity contribution in [2.75, 3.05) is 6.54 Å². The Hall–Kier alpha value is -1.71. The van der Waals surface area contributed by atoms with E-state index in [1.165, 1.54) is 21.4 Å². The Morgan fingerprint density at radius 2 is 2.05 bits per heavy atom. The molecular weight excluding hydrogens is 276 g/mol. The van der Waals surface area contributed by atoms with Gasteiger partial charge in [-0.05, 0) is 55.5 Å². The van der Waals surface area contributed by atoms with Crippen LogP contribution in [0, 0.1) is 6.92 Å². The van der Waals surface area contributed by atoms with Crippen molar-refractivity contribution in [1.29, 1.82) is 0 Å². The van der Waals surface area contributed by atoms with Crippen molar-refractivity contribution < 1.29 is 0 Å². The van der Waals surface area contributed by atoms with Crippen LogP contribution in [-0.2, 0) is 6.42 Å². The molecule has 0 bridgehead atoms. The molecule has 0 aliphatic carbocycles. The summed E-state index contributed by atoms with van der Waals surface area (Å²) < 4.78 is 0. The van der Waals surface area contributed by atoms with Crippen LogP contribution in [-0.4, -0.2) is 11.5 Å². The SMILES string of the molecule is Cc1ccsc1C(C)NCCc1cccc2cccnc12. The molecule has 2 aromatic heterocycles. The van der Waals surface area contributed by atoms with Gasteiger partial charge < -0.3 is 5.32 Å². The van der Waals surface area contributed by atoms with Crippen molar-refractivity contribution in [3.05, 3.63) is 64.0 Å². The summed E-state index contributed by atoms with van der Waals surface area (Å²) in [4.78, 5) is 5.95. The van der Waals surface area contributed by atoms with Gasteiger partial charge >= 0.3 is 0 Å². The van der Waals surface area contributed by atoms with E-state index in [2.05, 4.69) is 59.9 Å². The second-order valence-electron chi connectivity index (χ2n) is 5.39. The molecule has 3 aromatic rings. The highest BCUT2D eigenvalue weighted by Crippen LogP contribution is 2.23. The molecule has 0 fully saturated rings. The normalized spacial score (nSPS) is 12.7. The monoisotopic (exact) mass is 296 g/mol. The zero-order chi connectivity index (χ0) is 14.7.